The van der Waals surface area contributed by atoms with Crippen LogP contribution in [0.5, 0.6) is 11.5 Å². The van der Waals surface area contributed by atoms with E-state index in [9.17, 15) is 4.79 Å². The van der Waals surface area contributed by atoms with Gasteiger partial charge in [-0.3, -0.25) is 4.79 Å². The van der Waals surface area contributed by atoms with Gasteiger partial charge in [0.1, 0.15) is 5.82 Å². The zero-order valence-corrected chi connectivity index (χ0v) is 16.0. The Morgan fingerprint density at radius 1 is 1.31 bits per heavy atom. The molecule has 1 aromatic carbocycles. The average Bonchev–Trinajstić information content (AvgIpc) is 2.62. The van der Waals surface area contributed by atoms with Gasteiger partial charge in [-0.1, -0.05) is 12.1 Å². The number of carbonyl (C=O) groups is 1. The molecule has 0 unspecified atom stereocenters. The number of halogens is 1. The van der Waals surface area contributed by atoms with Gasteiger partial charge in [0, 0.05) is 31.4 Å². The Hall–Kier alpha value is -2.73. The largest absolute Gasteiger partial charge is 0.493 e. The van der Waals surface area contributed by atoms with Gasteiger partial charge in [0.25, 0.3) is 0 Å². The number of nitrogen functional groups attached to an aromatic ring is 1. The number of amides is 1. The fraction of sp³-hybridized carbons (Fsp3) is 0.263. The van der Waals surface area contributed by atoms with Crippen LogP contribution in [0, 0.1) is 0 Å². The SMILES string of the molecule is CCOc1c(CN(C)C(=O)C=Cc2ccc(N)nc2)cccc1OC.Cl. The molecule has 0 aliphatic heterocycles. The maximum absolute atomic E-state index is 12.3. The van der Waals surface area contributed by atoms with Crippen molar-refractivity contribution in [2.24, 2.45) is 0 Å². The molecule has 0 saturated carbocycles. The van der Waals surface area contributed by atoms with Crippen molar-refractivity contribution in [2.45, 2.75) is 13.5 Å². The molecular formula is C19H24ClN3O3. The summed E-state index contributed by atoms with van der Waals surface area (Å²) in [6.45, 7) is 2.85. The van der Waals surface area contributed by atoms with E-state index in [1.54, 1.807) is 43.5 Å². The lowest BCUT2D eigenvalue weighted by Crippen LogP contribution is -2.24. The van der Waals surface area contributed by atoms with E-state index in [0.29, 0.717) is 30.5 Å². The zero-order valence-electron chi connectivity index (χ0n) is 15.1. The zero-order chi connectivity index (χ0) is 18.2. The molecule has 0 fully saturated rings. The van der Waals surface area contributed by atoms with E-state index < -0.39 is 0 Å². The highest BCUT2D eigenvalue weighted by Gasteiger charge is 2.14. The van der Waals surface area contributed by atoms with Crippen LogP contribution < -0.4 is 15.2 Å². The number of para-hydroxylation sites is 1. The van der Waals surface area contributed by atoms with Crippen LogP contribution in [0.4, 0.5) is 5.82 Å². The van der Waals surface area contributed by atoms with Crippen LogP contribution in [0.1, 0.15) is 18.1 Å². The van der Waals surface area contributed by atoms with E-state index in [4.69, 9.17) is 15.2 Å². The highest BCUT2D eigenvalue weighted by atomic mass is 35.5. The minimum Gasteiger partial charge on any atom is -0.493 e. The van der Waals surface area contributed by atoms with Crippen molar-refractivity contribution in [3.63, 3.8) is 0 Å². The van der Waals surface area contributed by atoms with E-state index in [2.05, 4.69) is 4.98 Å². The van der Waals surface area contributed by atoms with Crippen molar-refractivity contribution in [2.75, 3.05) is 26.5 Å². The molecular weight excluding hydrogens is 354 g/mol. The highest BCUT2D eigenvalue weighted by Crippen LogP contribution is 2.31. The Labute approximate surface area is 160 Å². The number of aromatic nitrogens is 1. The minimum absolute atomic E-state index is 0. The van der Waals surface area contributed by atoms with Crippen LogP contribution in [0.2, 0.25) is 0 Å². The molecule has 0 atom stereocenters. The number of anilines is 1. The summed E-state index contributed by atoms with van der Waals surface area (Å²) in [4.78, 5) is 17.9. The maximum atomic E-state index is 12.3. The highest BCUT2D eigenvalue weighted by molar-refractivity contribution is 5.91. The Morgan fingerprint density at radius 3 is 2.69 bits per heavy atom. The molecule has 0 aliphatic rings. The number of nitrogens with two attached hydrogens (primary N) is 1. The van der Waals surface area contributed by atoms with Gasteiger partial charge in [0.15, 0.2) is 11.5 Å². The summed E-state index contributed by atoms with van der Waals surface area (Å²) in [6.07, 6.45) is 4.84. The van der Waals surface area contributed by atoms with Gasteiger partial charge in [-0.25, -0.2) is 4.98 Å². The molecule has 2 aromatic rings. The third kappa shape index (κ3) is 5.67. The second-order valence-corrected chi connectivity index (χ2v) is 5.43. The van der Waals surface area contributed by atoms with Gasteiger partial charge in [0.05, 0.1) is 13.7 Å². The van der Waals surface area contributed by atoms with Crippen LogP contribution in [-0.2, 0) is 11.3 Å². The number of methoxy groups -OCH3 is 1. The van der Waals surface area contributed by atoms with Crippen LogP contribution in [-0.4, -0.2) is 36.6 Å². The van der Waals surface area contributed by atoms with E-state index in [-0.39, 0.29) is 18.3 Å². The van der Waals surface area contributed by atoms with Gasteiger partial charge < -0.3 is 20.1 Å². The van der Waals surface area contributed by atoms with Crippen LogP contribution >= 0.6 is 12.4 Å². The molecule has 1 heterocycles. The van der Waals surface area contributed by atoms with Crippen LogP contribution in [0.15, 0.2) is 42.6 Å². The molecule has 0 saturated heterocycles. The topological polar surface area (TPSA) is 77.7 Å². The molecule has 1 amide bonds. The lowest BCUT2D eigenvalue weighted by atomic mass is 10.1. The molecule has 1 aromatic heterocycles. The molecule has 0 spiro atoms. The monoisotopic (exact) mass is 377 g/mol. The summed E-state index contributed by atoms with van der Waals surface area (Å²) in [5, 5.41) is 0. The molecule has 2 N–H and O–H groups in total. The van der Waals surface area contributed by atoms with Crippen molar-refractivity contribution >= 4 is 30.2 Å². The Kier molecular flexibility index (Phi) is 8.45. The number of ether oxygens (including phenoxy) is 2. The first-order valence-corrected chi connectivity index (χ1v) is 7.98. The normalized spacial score (nSPS) is 10.3. The lowest BCUT2D eigenvalue weighted by molar-refractivity contribution is -0.125. The predicted octanol–water partition coefficient (Wildman–Crippen LogP) is 3.16. The molecule has 2 rings (SSSR count). The Morgan fingerprint density at radius 2 is 2.08 bits per heavy atom. The molecule has 6 nitrogen and oxygen atoms in total. The van der Waals surface area contributed by atoms with Gasteiger partial charge in [-0.05, 0) is 36.8 Å². The van der Waals surface area contributed by atoms with E-state index in [1.807, 2.05) is 25.1 Å². The van der Waals surface area contributed by atoms with Crippen molar-refractivity contribution in [1.82, 2.24) is 9.88 Å². The standard InChI is InChI=1S/C19H23N3O3.ClH/c1-4-25-19-15(6-5-7-16(19)24-3)13-22(2)18(23)11-9-14-8-10-17(20)21-12-14;/h5-12H,4,13H2,1-3H3,(H2,20,21);1H. The van der Waals surface area contributed by atoms with Gasteiger partial charge in [-0.15, -0.1) is 12.4 Å². The number of hydrogen-bond donors (Lipinski definition) is 1. The van der Waals surface area contributed by atoms with E-state index in [0.717, 1.165) is 11.1 Å². The summed E-state index contributed by atoms with van der Waals surface area (Å²) in [6, 6.07) is 9.14. The van der Waals surface area contributed by atoms with Crippen LogP contribution in [0.3, 0.4) is 0 Å². The first-order chi connectivity index (χ1) is 12.0. The number of benzene rings is 1. The average molecular weight is 378 g/mol. The second kappa shape index (κ2) is 10.3. The van der Waals surface area contributed by atoms with Crippen molar-refractivity contribution < 1.29 is 14.3 Å². The quantitative estimate of drug-likeness (QED) is 0.750. The van der Waals surface area contributed by atoms with Crippen molar-refractivity contribution in [1.29, 1.82) is 0 Å². The molecule has 140 valence electrons. The molecule has 26 heavy (non-hydrogen) atoms. The van der Waals surface area contributed by atoms with Gasteiger partial charge in [-0.2, -0.15) is 0 Å². The summed E-state index contributed by atoms with van der Waals surface area (Å²) in [5.74, 6) is 1.65. The molecule has 7 heteroatoms. The second-order valence-electron chi connectivity index (χ2n) is 5.43. The third-order valence-corrected chi connectivity index (χ3v) is 3.58. The Bertz CT molecular complexity index is 748. The lowest BCUT2D eigenvalue weighted by Gasteiger charge is -2.19. The number of rotatable bonds is 7. The molecule has 0 bridgehead atoms. The maximum Gasteiger partial charge on any atom is 0.246 e. The van der Waals surface area contributed by atoms with Gasteiger partial charge in [0.2, 0.25) is 5.91 Å². The van der Waals surface area contributed by atoms with Gasteiger partial charge >= 0.3 is 0 Å². The number of pyridine rings is 1. The summed E-state index contributed by atoms with van der Waals surface area (Å²) < 4.78 is 11.0. The number of hydrogen-bond acceptors (Lipinski definition) is 5. The predicted molar refractivity (Wildman–Crippen MR) is 106 cm³/mol. The smallest absolute Gasteiger partial charge is 0.246 e. The first-order valence-electron chi connectivity index (χ1n) is 7.98. The molecule has 0 radical (unpaired) electrons. The van der Waals surface area contributed by atoms with E-state index in [1.165, 1.54) is 6.08 Å². The summed E-state index contributed by atoms with van der Waals surface area (Å²) in [5.41, 5.74) is 7.25. The van der Waals surface area contributed by atoms with Crippen LogP contribution in [0.25, 0.3) is 6.08 Å². The fourth-order valence-electron chi connectivity index (χ4n) is 2.30. The summed E-state index contributed by atoms with van der Waals surface area (Å²) >= 11 is 0. The Balaban J connectivity index is 0.00000338. The third-order valence-electron chi connectivity index (χ3n) is 3.58. The minimum atomic E-state index is -0.123. The fourth-order valence-corrected chi connectivity index (χ4v) is 2.30. The van der Waals surface area contributed by atoms with E-state index >= 15 is 0 Å². The number of carbonyl (C=O) groups excluding carboxylic acids is 1. The molecule has 0 aliphatic carbocycles. The van der Waals surface area contributed by atoms with Crippen molar-refractivity contribution in [3.8, 4) is 11.5 Å². The first kappa shape index (κ1) is 21.3. The summed E-state index contributed by atoms with van der Waals surface area (Å²) in [7, 11) is 3.34. The number of nitrogens with zero attached hydrogens (tertiary/aromatic N) is 2. The number of likely N-dealkylation sites (N-methyl/N-ethyl adjacent to an activating group) is 1. The van der Waals surface area contributed by atoms with Crippen molar-refractivity contribution in [3.05, 3.63) is 53.7 Å².